The fourth-order valence-corrected chi connectivity index (χ4v) is 4.31. The zero-order valence-corrected chi connectivity index (χ0v) is 17.2. The second-order valence-corrected chi connectivity index (χ2v) is 7.95. The maximum atomic E-state index is 12.5. The number of rotatable bonds is 7. The molecule has 0 aliphatic carbocycles. The third-order valence-corrected chi connectivity index (χ3v) is 5.85. The van der Waals surface area contributed by atoms with Crippen molar-refractivity contribution < 1.29 is 4.79 Å². The van der Waals surface area contributed by atoms with E-state index in [9.17, 15) is 4.79 Å². The number of nitrogens with zero attached hydrogens (tertiary/aromatic N) is 2. The minimum atomic E-state index is 0.0856. The molecule has 4 heteroatoms. The Bertz CT molecular complexity index is 1170. The van der Waals surface area contributed by atoms with Gasteiger partial charge in [-0.05, 0) is 48.0 Å². The summed E-state index contributed by atoms with van der Waals surface area (Å²) in [5, 5.41) is 0. The molecule has 146 valence electrons. The molecule has 0 radical (unpaired) electrons. The smallest absolute Gasteiger partial charge is 0.164 e. The van der Waals surface area contributed by atoms with Gasteiger partial charge in [0.1, 0.15) is 0 Å². The van der Waals surface area contributed by atoms with Gasteiger partial charge in [0.2, 0.25) is 0 Å². The Hall–Kier alpha value is -3.42. The Morgan fingerprint density at radius 1 is 1.10 bits per heavy atom. The number of fused-ring (bicyclic) bond motifs is 1. The Morgan fingerprint density at radius 2 is 1.97 bits per heavy atom. The van der Waals surface area contributed by atoms with E-state index in [-0.39, 0.29) is 5.78 Å². The van der Waals surface area contributed by atoms with Gasteiger partial charge in [0.05, 0.1) is 18.0 Å². The molecular formula is C26H20N2OS. The number of terminal acetylenes is 1. The molecule has 0 saturated carbocycles. The molecule has 0 amide bonds. The van der Waals surface area contributed by atoms with Crippen LogP contribution in [0.25, 0.3) is 6.08 Å². The van der Waals surface area contributed by atoms with Crippen LogP contribution in [0.1, 0.15) is 40.0 Å². The quantitative estimate of drug-likeness (QED) is 0.364. The van der Waals surface area contributed by atoms with Crippen LogP contribution in [-0.2, 0) is 6.54 Å². The summed E-state index contributed by atoms with van der Waals surface area (Å²) < 4.78 is 0. The summed E-state index contributed by atoms with van der Waals surface area (Å²) >= 11 is 1.60. The van der Waals surface area contributed by atoms with Crippen LogP contribution in [0.5, 0.6) is 0 Å². The fourth-order valence-electron chi connectivity index (χ4n) is 3.28. The van der Waals surface area contributed by atoms with Gasteiger partial charge in [-0.1, -0.05) is 42.1 Å². The van der Waals surface area contributed by atoms with Gasteiger partial charge >= 0.3 is 0 Å². The monoisotopic (exact) mass is 408 g/mol. The number of hydrogen-bond acceptors (Lipinski definition) is 4. The molecule has 3 nitrogen and oxygen atoms in total. The zero-order chi connectivity index (χ0) is 20.8. The van der Waals surface area contributed by atoms with E-state index in [1.54, 1.807) is 18.0 Å². The first-order valence-corrected chi connectivity index (χ1v) is 10.6. The van der Waals surface area contributed by atoms with Crippen LogP contribution in [0.2, 0.25) is 0 Å². The van der Waals surface area contributed by atoms with E-state index in [2.05, 4.69) is 34.1 Å². The van der Waals surface area contributed by atoms with Crippen molar-refractivity contribution in [2.75, 3.05) is 0 Å². The van der Waals surface area contributed by atoms with Crippen molar-refractivity contribution in [2.45, 2.75) is 29.2 Å². The van der Waals surface area contributed by atoms with E-state index >= 15 is 0 Å². The second kappa shape index (κ2) is 9.39. The molecule has 1 aliphatic heterocycles. The molecule has 1 aromatic heterocycles. The number of carbonyl (C=O) groups excluding carboxylic acids is 1. The largest absolute Gasteiger partial charge is 0.294 e. The third kappa shape index (κ3) is 4.59. The molecule has 0 atom stereocenters. The highest BCUT2D eigenvalue weighted by atomic mass is 32.2. The molecule has 0 N–H and O–H groups in total. The van der Waals surface area contributed by atoms with E-state index in [0.717, 1.165) is 32.3 Å². The molecule has 30 heavy (non-hydrogen) atoms. The number of ketones is 1. The van der Waals surface area contributed by atoms with Crippen molar-refractivity contribution in [2.24, 2.45) is 4.99 Å². The molecule has 3 aromatic rings. The maximum Gasteiger partial charge on any atom is 0.164 e. The lowest BCUT2D eigenvalue weighted by Gasteiger charge is -2.09. The van der Waals surface area contributed by atoms with Crippen molar-refractivity contribution in [3.63, 3.8) is 0 Å². The second-order valence-electron chi connectivity index (χ2n) is 6.83. The fraction of sp³-hybridized carbons (Fsp3) is 0.115. The Kier molecular flexibility index (Phi) is 6.22. The lowest BCUT2D eigenvalue weighted by atomic mass is 10.1. The van der Waals surface area contributed by atoms with Gasteiger partial charge in [-0.15, -0.1) is 12.3 Å². The van der Waals surface area contributed by atoms with Crippen LogP contribution in [0.4, 0.5) is 0 Å². The molecule has 1 aliphatic rings. The Balaban J connectivity index is 1.51. The number of carbonyl (C=O) groups is 1. The number of Topliss-reactive ketones (excluding diaryl/α,β-unsaturated/α-hetero) is 1. The number of allylic oxidation sites excluding steroid dienone is 1. The van der Waals surface area contributed by atoms with Crippen LogP contribution < -0.4 is 0 Å². The number of benzene rings is 2. The molecule has 0 unspecified atom stereocenters. The van der Waals surface area contributed by atoms with Crippen molar-refractivity contribution in [1.29, 1.82) is 0 Å². The van der Waals surface area contributed by atoms with E-state index < -0.39 is 0 Å². The lowest BCUT2D eigenvalue weighted by Crippen LogP contribution is -2.00. The number of hydrogen-bond donors (Lipinski definition) is 0. The van der Waals surface area contributed by atoms with Gasteiger partial charge in [0.15, 0.2) is 5.78 Å². The van der Waals surface area contributed by atoms with Gasteiger partial charge < -0.3 is 0 Å². The van der Waals surface area contributed by atoms with E-state index in [0.29, 0.717) is 19.4 Å². The summed E-state index contributed by atoms with van der Waals surface area (Å²) in [4.78, 5) is 23.5. The van der Waals surface area contributed by atoms with E-state index in [1.165, 1.54) is 5.56 Å². The summed E-state index contributed by atoms with van der Waals surface area (Å²) in [5.74, 6) is 2.63. The molecule has 0 spiro atoms. The summed E-state index contributed by atoms with van der Waals surface area (Å²) in [6.45, 7) is 0.661. The van der Waals surface area contributed by atoms with E-state index in [1.807, 2.05) is 54.6 Å². The minimum Gasteiger partial charge on any atom is -0.294 e. The summed E-state index contributed by atoms with van der Waals surface area (Å²) in [6.07, 6.45) is 11.9. The van der Waals surface area contributed by atoms with Gasteiger partial charge in [-0.25, -0.2) is 0 Å². The van der Waals surface area contributed by atoms with Crippen LogP contribution in [0, 0.1) is 12.3 Å². The predicted molar refractivity (Wildman–Crippen MR) is 123 cm³/mol. The lowest BCUT2D eigenvalue weighted by molar-refractivity contribution is 0.0981. The number of aromatic nitrogens is 1. The predicted octanol–water partition coefficient (Wildman–Crippen LogP) is 5.85. The van der Waals surface area contributed by atoms with Crippen molar-refractivity contribution in [3.05, 3.63) is 95.3 Å². The SMILES string of the molecule is C#CCCC(=O)c1ccccc1Sc1ccc2c(c1)CN=C2/C=C/c1ccccn1. The summed E-state index contributed by atoms with van der Waals surface area (Å²) in [5.41, 5.74) is 4.94. The highest BCUT2D eigenvalue weighted by Crippen LogP contribution is 2.34. The molecule has 0 fully saturated rings. The van der Waals surface area contributed by atoms with Crippen LogP contribution >= 0.6 is 11.8 Å². The molecule has 2 aromatic carbocycles. The molecule has 4 rings (SSSR count). The van der Waals surface area contributed by atoms with Gasteiger partial charge in [0.25, 0.3) is 0 Å². The highest BCUT2D eigenvalue weighted by Gasteiger charge is 2.16. The van der Waals surface area contributed by atoms with Crippen LogP contribution in [-0.4, -0.2) is 16.5 Å². The van der Waals surface area contributed by atoms with E-state index in [4.69, 9.17) is 6.42 Å². The van der Waals surface area contributed by atoms with Crippen molar-refractivity contribution in [1.82, 2.24) is 4.98 Å². The number of aliphatic imine (C=N–C) groups is 1. The minimum absolute atomic E-state index is 0.0856. The van der Waals surface area contributed by atoms with Gasteiger partial charge in [0, 0.05) is 40.0 Å². The normalized spacial score (nSPS) is 12.4. The maximum absolute atomic E-state index is 12.5. The first-order chi connectivity index (χ1) is 14.7. The average molecular weight is 409 g/mol. The van der Waals surface area contributed by atoms with Crippen LogP contribution in [0.3, 0.4) is 0 Å². The summed E-state index contributed by atoms with van der Waals surface area (Å²) in [6, 6.07) is 19.9. The van der Waals surface area contributed by atoms with Crippen molar-refractivity contribution >= 4 is 29.3 Å². The first-order valence-electron chi connectivity index (χ1n) is 9.75. The molecule has 0 bridgehead atoms. The Labute approximate surface area is 181 Å². The average Bonchev–Trinajstić information content (AvgIpc) is 3.19. The zero-order valence-electron chi connectivity index (χ0n) is 16.4. The highest BCUT2D eigenvalue weighted by molar-refractivity contribution is 7.99. The topological polar surface area (TPSA) is 42.3 Å². The van der Waals surface area contributed by atoms with Crippen LogP contribution in [0.15, 0.2) is 87.7 Å². The Morgan fingerprint density at radius 3 is 2.80 bits per heavy atom. The number of pyridine rings is 1. The van der Waals surface area contributed by atoms with Crippen molar-refractivity contribution in [3.8, 4) is 12.3 Å². The van der Waals surface area contributed by atoms with Gasteiger partial charge in [-0.2, -0.15) is 0 Å². The summed E-state index contributed by atoms with van der Waals surface area (Å²) in [7, 11) is 0. The standard InChI is InChI=1S/C26H20N2OS/c1-2-3-10-25(29)23-9-4-5-11-26(23)30-21-13-14-22-19(17-21)18-28-24(22)15-12-20-8-6-7-16-27-20/h1,4-9,11-17H,3,10,18H2/b15-12+. The van der Waals surface area contributed by atoms with Gasteiger partial charge in [-0.3, -0.25) is 14.8 Å². The third-order valence-electron chi connectivity index (χ3n) is 4.78. The first kappa shape index (κ1) is 19.9. The molecule has 2 heterocycles. The molecular weight excluding hydrogens is 388 g/mol. The molecule has 0 saturated heterocycles.